The van der Waals surface area contributed by atoms with Gasteiger partial charge in [0.2, 0.25) is 0 Å². The van der Waals surface area contributed by atoms with E-state index in [0.717, 1.165) is 22.9 Å². The molecular weight excluding hydrogens is 484 g/mol. The van der Waals surface area contributed by atoms with Crippen molar-refractivity contribution in [1.29, 1.82) is 0 Å². The Morgan fingerprint density at radius 3 is 1.17 bits per heavy atom. The molecule has 0 aliphatic rings. The Balaban J connectivity index is 1.85. The van der Waals surface area contributed by atoms with Gasteiger partial charge in [-0.3, -0.25) is 0 Å². The second-order valence-electron chi connectivity index (χ2n) is 8.13. The van der Waals surface area contributed by atoms with Crippen LogP contribution in [0.5, 0.6) is 11.5 Å². The average Bonchev–Trinajstić information content (AvgIpc) is 2.94. The van der Waals surface area contributed by atoms with Gasteiger partial charge in [0.25, 0.3) is 0 Å². The maximum atomic E-state index is 5.75. The van der Waals surface area contributed by atoms with Crippen LogP contribution >= 0.6 is 16.4 Å². The Hall–Kier alpha value is -3.10. The number of hydrogen-bond acceptors (Lipinski definition) is 5. The van der Waals surface area contributed by atoms with Crippen molar-refractivity contribution in [3.8, 4) is 11.5 Å². The summed E-state index contributed by atoms with van der Waals surface area (Å²) in [7, 11) is 8.13. The van der Waals surface area contributed by atoms with E-state index >= 15 is 0 Å². The molecule has 0 heterocycles. The monoisotopic (exact) mass is 517 g/mol. The van der Waals surface area contributed by atoms with Crippen LogP contribution in [0.25, 0.3) is 0 Å². The normalized spacial score (nSPS) is 12.6. The van der Waals surface area contributed by atoms with Gasteiger partial charge < -0.3 is 18.8 Å². The minimum Gasteiger partial charge on any atom is -0.495 e. The quantitative estimate of drug-likeness (QED) is 0.225. The first-order chi connectivity index (χ1) is 17.6. The van der Waals surface area contributed by atoms with Crippen LogP contribution in [0, 0.1) is 0 Å². The van der Waals surface area contributed by atoms with Crippen molar-refractivity contribution < 1.29 is 9.47 Å². The predicted octanol–water partition coefficient (Wildman–Crippen LogP) is 6.48. The molecule has 0 bridgehead atoms. The smallest absolute Gasteiger partial charge is 0.142 e. The molecule has 2 unspecified atom stereocenters. The summed E-state index contributed by atoms with van der Waals surface area (Å²) < 4.78 is 18.7. The zero-order valence-electron chi connectivity index (χ0n) is 21.4. The fourth-order valence-electron chi connectivity index (χ4n) is 4.27. The molecule has 0 aromatic heterocycles. The fourth-order valence-corrected chi connectivity index (χ4v) is 10.0. The molecule has 0 fully saturated rings. The highest BCUT2D eigenvalue weighted by molar-refractivity contribution is 7.79. The molecule has 186 valence electrons. The molecule has 0 saturated carbocycles. The number of benzene rings is 4. The van der Waals surface area contributed by atoms with E-state index in [0.29, 0.717) is 0 Å². The molecule has 4 rings (SSSR count). The third-order valence-electron chi connectivity index (χ3n) is 5.96. The first kappa shape index (κ1) is 26.0. The zero-order chi connectivity index (χ0) is 25.5. The molecule has 5 nitrogen and oxygen atoms in total. The molecule has 36 heavy (non-hydrogen) atoms. The lowest BCUT2D eigenvalue weighted by atomic mass is 10.3. The van der Waals surface area contributed by atoms with Gasteiger partial charge in [-0.05, 0) is 31.3 Å². The van der Waals surface area contributed by atoms with Gasteiger partial charge in [0.1, 0.15) is 27.9 Å². The highest BCUT2D eigenvalue weighted by Gasteiger charge is 2.34. The van der Waals surface area contributed by atoms with Crippen LogP contribution in [0.4, 0.5) is 11.4 Å². The number of hydrogen-bond donors (Lipinski definition) is 0. The third-order valence-corrected chi connectivity index (χ3v) is 11.2. The minimum atomic E-state index is -0.943. The molecule has 7 heteroatoms. The molecule has 0 amide bonds. The van der Waals surface area contributed by atoms with Crippen molar-refractivity contribution >= 4 is 38.4 Å². The molecule has 0 spiro atoms. The maximum Gasteiger partial charge on any atom is 0.142 e. The van der Waals surface area contributed by atoms with Crippen molar-refractivity contribution in [3.05, 3.63) is 109 Å². The number of rotatable bonds is 10. The van der Waals surface area contributed by atoms with Crippen LogP contribution < -0.4 is 29.4 Å². The Morgan fingerprint density at radius 1 is 0.472 bits per heavy atom. The zero-order valence-corrected chi connectivity index (χ0v) is 23.2. The number of nitrogens with zero attached hydrogens (tertiary/aromatic N) is 3. The summed E-state index contributed by atoms with van der Waals surface area (Å²) in [4.78, 5) is 0. The van der Waals surface area contributed by atoms with Crippen molar-refractivity contribution in [1.82, 2.24) is 4.44 Å². The van der Waals surface area contributed by atoms with Crippen molar-refractivity contribution in [2.75, 3.05) is 44.7 Å². The second-order valence-corrected chi connectivity index (χ2v) is 13.0. The predicted molar refractivity (Wildman–Crippen MR) is 157 cm³/mol. The van der Waals surface area contributed by atoms with Gasteiger partial charge in [0.15, 0.2) is 0 Å². The minimum absolute atomic E-state index is 0.860. The van der Waals surface area contributed by atoms with E-state index in [-0.39, 0.29) is 0 Å². The molecule has 4 aromatic rings. The average molecular weight is 518 g/mol. The van der Waals surface area contributed by atoms with E-state index in [4.69, 9.17) is 9.47 Å². The highest BCUT2D eigenvalue weighted by Crippen LogP contribution is 2.60. The van der Waals surface area contributed by atoms with Gasteiger partial charge in [0.05, 0.1) is 25.6 Å². The lowest BCUT2D eigenvalue weighted by Gasteiger charge is -2.44. The summed E-state index contributed by atoms with van der Waals surface area (Å²) in [6, 6.07) is 37.9. The van der Waals surface area contributed by atoms with E-state index in [1.54, 1.807) is 14.2 Å². The van der Waals surface area contributed by atoms with Gasteiger partial charge in [-0.2, -0.15) is 0 Å². The van der Waals surface area contributed by atoms with Crippen LogP contribution in [0.3, 0.4) is 0 Å². The van der Waals surface area contributed by atoms with Crippen LogP contribution in [-0.2, 0) is 0 Å². The molecule has 2 atom stereocenters. The van der Waals surface area contributed by atoms with Crippen molar-refractivity contribution in [2.45, 2.75) is 0 Å². The first-order valence-electron chi connectivity index (χ1n) is 11.7. The summed E-state index contributed by atoms with van der Waals surface area (Å²) in [5, 5.41) is 2.53. The van der Waals surface area contributed by atoms with Gasteiger partial charge in [-0.25, -0.2) is 4.44 Å². The first-order valence-corrected chi connectivity index (χ1v) is 14.2. The summed E-state index contributed by atoms with van der Waals surface area (Å²) in [6.07, 6.45) is 0. The summed E-state index contributed by atoms with van der Waals surface area (Å²) in [5.74, 6) is 1.72. The molecule has 0 radical (unpaired) electrons. The molecular formula is C29H33N3O2P2. The Bertz CT molecular complexity index is 1150. The van der Waals surface area contributed by atoms with Crippen LogP contribution in [0.1, 0.15) is 0 Å². The molecule has 0 aliphatic heterocycles. The van der Waals surface area contributed by atoms with E-state index in [1.165, 1.54) is 10.6 Å². The van der Waals surface area contributed by atoms with E-state index < -0.39 is 16.4 Å². The maximum absolute atomic E-state index is 5.75. The Morgan fingerprint density at radius 2 is 0.806 bits per heavy atom. The number of para-hydroxylation sites is 4. The largest absolute Gasteiger partial charge is 0.495 e. The Kier molecular flexibility index (Phi) is 8.83. The summed E-state index contributed by atoms with van der Waals surface area (Å²) >= 11 is 0. The van der Waals surface area contributed by atoms with Gasteiger partial charge in [-0.15, -0.1) is 0 Å². The summed E-state index contributed by atoms with van der Waals surface area (Å²) in [5.41, 5.74) is 2.12. The van der Waals surface area contributed by atoms with E-state index in [1.807, 2.05) is 24.3 Å². The van der Waals surface area contributed by atoms with Gasteiger partial charge in [0, 0.05) is 24.7 Å². The molecule has 0 N–H and O–H groups in total. The lowest BCUT2D eigenvalue weighted by molar-refractivity contribution is 0.416. The van der Waals surface area contributed by atoms with E-state index in [9.17, 15) is 0 Å². The number of ether oxygens (including phenoxy) is 2. The van der Waals surface area contributed by atoms with Gasteiger partial charge >= 0.3 is 0 Å². The lowest BCUT2D eigenvalue weighted by Crippen LogP contribution is -2.33. The van der Waals surface area contributed by atoms with Crippen LogP contribution in [0.15, 0.2) is 109 Å². The summed E-state index contributed by atoms with van der Waals surface area (Å²) in [6.45, 7) is 0. The molecule has 4 aromatic carbocycles. The Labute approximate surface area is 217 Å². The van der Waals surface area contributed by atoms with Gasteiger partial charge in [-0.1, -0.05) is 84.9 Å². The van der Waals surface area contributed by atoms with Crippen molar-refractivity contribution in [2.24, 2.45) is 0 Å². The topological polar surface area (TPSA) is 28.2 Å². The van der Waals surface area contributed by atoms with Crippen molar-refractivity contribution in [3.63, 3.8) is 0 Å². The second kappa shape index (κ2) is 12.2. The molecule has 0 aliphatic carbocycles. The van der Waals surface area contributed by atoms with E-state index in [2.05, 4.69) is 120 Å². The SMILES string of the molecule is COc1ccccc1N(C)P(c1ccccc1)N(C)P(c1ccccc1)N(C)c1ccccc1OC. The van der Waals surface area contributed by atoms with Crippen LogP contribution in [-0.4, -0.2) is 39.8 Å². The third kappa shape index (κ3) is 5.50. The van der Waals surface area contributed by atoms with Crippen LogP contribution in [0.2, 0.25) is 0 Å². The highest BCUT2D eigenvalue weighted by atomic mass is 31.2. The number of anilines is 2. The molecule has 0 saturated heterocycles. The number of methoxy groups -OCH3 is 2. The standard InChI is InChI=1S/C29H33N3O2P2/c1-30(26-20-12-14-22-28(26)33-4)35(24-16-8-6-9-17-24)32(3)36(25-18-10-7-11-19-25)31(2)27-21-13-15-23-29(27)34-5/h6-23H,1-5H3. The fraction of sp³-hybridized carbons (Fsp3) is 0.172.